The first-order chi connectivity index (χ1) is 9.13. The number of nitrogens with one attached hydrogen (secondary N) is 2. The highest BCUT2D eigenvalue weighted by molar-refractivity contribution is 9.10. The molecule has 0 aliphatic heterocycles. The third-order valence-corrected chi connectivity index (χ3v) is 3.08. The summed E-state index contributed by atoms with van der Waals surface area (Å²) in [4.78, 5) is 19.1. The van der Waals surface area contributed by atoms with Gasteiger partial charge in [0.25, 0.3) is 5.91 Å². The second kappa shape index (κ2) is 5.92. The van der Waals surface area contributed by atoms with E-state index >= 15 is 0 Å². The number of nitrogens with zero attached hydrogens (tertiary/aromatic N) is 3. The fraction of sp³-hybridized carbons (Fsp3) is 0.333. The molecule has 19 heavy (non-hydrogen) atoms. The number of hydrogen-bond donors (Lipinski definition) is 2. The van der Waals surface area contributed by atoms with Crippen molar-refractivity contribution in [3.05, 3.63) is 33.8 Å². The Morgan fingerprint density at radius 1 is 1.32 bits per heavy atom. The third-order valence-electron chi connectivity index (χ3n) is 2.63. The van der Waals surface area contributed by atoms with Gasteiger partial charge in [-0.25, -0.2) is 4.98 Å². The second-order valence-corrected chi connectivity index (χ2v) is 4.84. The SMILES string of the molecule is CCc1nnc(NC(=O)c2cc(Br)c[nH]2)nc1CC. The molecule has 2 rings (SSSR count). The average Bonchev–Trinajstić information content (AvgIpc) is 2.85. The monoisotopic (exact) mass is 323 g/mol. The summed E-state index contributed by atoms with van der Waals surface area (Å²) in [6, 6.07) is 1.68. The van der Waals surface area contributed by atoms with E-state index in [1.807, 2.05) is 13.8 Å². The topological polar surface area (TPSA) is 83.6 Å². The standard InChI is InChI=1S/C12H14BrN5O/c1-3-8-9(4-2)17-18-12(15-8)16-11(19)10-5-7(13)6-14-10/h5-6,14H,3-4H2,1-2H3,(H,15,16,18,19). The Labute approximate surface area is 119 Å². The van der Waals surface area contributed by atoms with Gasteiger partial charge in [-0.05, 0) is 34.8 Å². The number of aromatic amines is 1. The summed E-state index contributed by atoms with van der Waals surface area (Å²) < 4.78 is 0.812. The first kappa shape index (κ1) is 13.7. The van der Waals surface area contributed by atoms with Gasteiger partial charge in [-0.1, -0.05) is 13.8 Å². The highest BCUT2D eigenvalue weighted by Crippen LogP contribution is 2.12. The molecule has 0 aromatic carbocycles. The smallest absolute Gasteiger partial charge is 0.274 e. The quantitative estimate of drug-likeness (QED) is 0.904. The van der Waals surface area contributed by atoms with Crippen molar-refractivity contribution in [2.45, 2.75) is 26.7 Å². The van der Waals surface area contributed by atoms with Gasteiger partial charge in [-0.15, -0.1) is 10.2 Å². The molecule has 0 aliphatic carbocycles. The molecule has 0 fully saturated rings. The number of carbonyl (C=O) groups is 1. The molecule has 0 radical (unpaired) electrons. The number of rotatable bonds is 4. The summed E-state index contributed by atoms with van der Waals surface area (Å²) >= 11 is 3.27. The molecule has 0 bridgehead atoms. The van der Waals surface area contributed by atoms with Gasteiger partial charge in [0.15, 0.2) is 0 Å². The van der Waals surface area contributed by atoms with Crippen LogP contribution in [0.2, 0.25) is 0 Å². The van der Waals surface area contributed by atoms with Crippen molar-refractivity contribution >= 4 is 27.8 Å². The van der Waals surface area contributed by atoms with Crippen LogP contribution in [0.15, 0.2) is 16.7 Å². The van der Waals surface area contributed by atoms with Crippen LogP contribution in [0.4, 0.5) is 5.95 Å². The number of aromatic nitrogens is 4. The van der Waals surface area contributed by atoms with E-state index in [0.717, 1.165) is 28.7 Å². The summed E-state index contributed by atoms with van der Waals surface area (Å²) in [6.07, 6.45) is 3.22. The maximum absolute atomic E-state index is 11.9. The summed E-state index contributed by atoms with van der Waals surface area (Å²) in [5, 5.41) is 10.6. The fourth-order valence-electron chi connectivity index (χ4n) is 1.66. The van der Waals surface area contributed by atoms with Crippen LogP contribution in [0, 0.1) is 0 Å². The molecule has 0 saturated carbocycles. The molecule has 2 heterocycles. The first-order valence-corrected chi connectivity index (χ1v) is 6.81. The van der Waals surface area contributed by atoms with Gasteiger partial charge in [-0.3, -0.25) is 10.1 Å². The predicted molar refractivity (Wildman–Crippen MR) is 75.0 cm³/mol. The van der Waals surface area contributed by atoms with E-state index < -0.39 is 0 Å². The molecule has 1 amide bonds. The van der Waals surface area contributed by atoms with E-state index in [4.69, 9.17) is 0 Å². The largest absolute Gasteiger partial charge is 0.356 e. The number of halogens is 1. The van der Waals surface area contributed by atoms with E-state index in [2.05, 4.69) is 41.4 Å². The van der Waals surface area contributed by atoms with Crippen molar-refractivity contribution in [1.82, 2.24) is 20.2 Å². The van der Waals surface area contributed by atoms with E-state index in [9.17, 15) is 4.79 Å². The van der Waals surface area contributed by atoms with E-state index in [-0.39, 0.29) is 11.9 Å². The van der Waals surface area contributed by atoms with Crippen LogP contribution >= 0.6 is 15.9 Å². The van der Waals surface area contributed by atoms with Gasteiger partial charge in [-0.2, -0.15) is 0 Å². The summed E-state index contributed by atoms with van der Waals surface area (Å²) in [7, 11) is 0. The molecular weight excluding hydrogens is 310 g/mol. The Morgan fingerprint density at radius 3 is 2.63 bits per heavy atom. The lowest BCUT2D eigenvalue weighted by atomic mass is 10.2. The minimum Gasteiger partial charge on any atom is -0.356 e. The van der Waals surface area contributed by atoms with Crippen LogP contribution in [0.3, 0.4) is 0 Å². The fourth-order valence-corrected chi connectivity index (χ4v) is 2.00. The molecule has 0 spiro atoms. The molecule has 2 N–H and O–H groups in total. The Kier molecular flexibility index (Phi) is 4.26. The lowest BCUT2D eigenvalue weighted by Crippen LogP contribution is -2.16. The van der Waals surface area contributed by atoms with Crippen molar-refractivity contribution in [2.24, 2.45) is 0 Å². The minimum atomic E-state index is -0.293. The molecular formula is C12H14BrN5O. The number of carbonyl (C=O) groups excluding carboxylic acids is 1. The molecule has 2 aromatic heterocycles. The van der Waals surface area contributed by atoms with Crippen molar-refractivity contribution < 1.29 is 4.79 Å². The van der Waals surface area contributed by atoms with Gasteiger partial charge in [0.05, 0.1) is 11.4 Å². The Morgan fingerprint density at radius 2 is 2.05 bits per heavy atom. The highest BCUT2D eigenvalue weighted by Gasteiger charge is 2.12. The molecule has 0 saturated heterocycles. The summed E-state index contributed by atoms with van der Waals surface area (Å²) in [6.45, 7) is 4.00. The van der Waals surface area contributed by atoms with Crippen molar-refractivity contribution in [3.8, 4) is 0 Å². The van der Waals surface area contributed by atoms with E-state index in [1.165, 1.54) is 0 Å². The maximum Gasteiger partial charge on any atom is 0.274 e. The number of aryl methyl sites for hydroxylation is 2. The molecule has 2 aromatic rings. The van der Waals surface area contributed by atoms with Crippen molar-refractivity contribution in [3.63, 3.8) is 0 Å². The van der Waals surface area contributed by atoms with Crippen LogP contribution in [0.5, 0.6) is 0 Å². The lowest BCUT2D eigenvalue weighted by molar-refractivity contribution is 0.102. The van der Waals surface area contributed by atoms with Gasteiger partial charge >= 0.3 is 0 Å². The molecule has 6 nitrogen and oxygen atoms in total. The van der Waals surface area contributed by atoms with Crippen LogP contribution in [0.25, 0.3) is 0 Å². The molecule has 0 unspecified atom stereocenters. The molecule has 0 atom stereocenters. The third kappa shape index (κ3) is 3.17. The Balaban J connectivity index is 2.17. The highest BCUT2D eigenvalue weighted by atomic mass is 79.9. The van der Waals surface area contributed by atoms with E-state index in [0.29, 0.717) is 5.69 Å². The lowest BCUT2D eigenvalue weighted by Gasteiger charge is -2.06. The van der Waals surface area contributed by atoms with Gasteiger partial charge in [0.1, 0.15) is 5.69 Å². The minimum absolute atomic E-state index is 0.227. The first-order valence-electron chi connectivity index (χ1n) is 6.01. The Bertz CT molecular complexity index is 596. The maximum atomic E-state index is 11.9. The van der Waals surface area contributed by atoms with Crippen molar-refractivity contribution in [1.29, 1.82) is 0 Å². The normalized spacial score (nSPS) is 10.5. The molecule has 0 aliphatic rings. The van der Waals surface area contributed by atoms with Crippen LogP contribution < -0.4 is 5.32 Å². The van der Waals surface area contributed by atoms with Crippen molar-refractivity contribution in [2.75, 3.05) is 5.32 Å². The number of hydrogen-bond acceptors (Lipinski definition) is 4. The van der Waals surface area contributed by atoms with Gasteiger partial charge in [0.2, 0.25) is 5.95 Å². The van der Waals surface area contributed by atoms with Crippen LogP contribution in [0.1, 0.15) is 35.7 Å². The summed E-state index contributed by atoms with van der Waals surface area (Å²) in [5.41, 5.74) is 2.16. The van der Waals surface area contributed by atoms with Crippen LogP contribution in [-0.4, -0.2) is 26.1 Å². The molecule has 100 valence electrons. The predicted octanol–water partition coefficient (Wildman–Crippen LogP) is 2.34. The summed E-state index contributed by atoms with van der Waals surface area (Å²) in [5.74, 6) is -0.0661. The zero-order chi connectivity index (χ0) is 13.8. The zero-order valence-electron chi connectivity index (χ0n) is 10.7. The Hall–Kier alpha value is -1.76. The average molecular weight is 324 g/mol. The van der Waals surface area contributed by atoms with Gasteiger partial charge in [0, 0.05) is 10.7 Å². The number of anilines is 1. The number of H-pyrrole nitrogens is 1. The zero-order valence-corrected chi connectivity index (χ0v) is 12.3. The van der Waals surface area contributed by atoms with Crippen LogP contribution in [-0.2, 0) is 12.8 Å². The van der Waals surface area contributed by atoms with E-state index in [1.54, 1.807) is 12.3 Å². The molecule has 7 heteroatoms. The second-order valence-electron chi connectivity index (χ2n) is 3.92. The van der Waals surface area contributed by atoms with Gasteiger partial charge < -0.3 is 4.98 Å². The number of amides is 1.